The molecule has 2 aromatic heterocycles. The summed E-state index contributed by atoms with van der Waals surface area (Å²) in [6.45, 7) is 2.34. The molecule has 3 heterocycles. The molecule has 1 saturated heterocycles. The molecule has 0 unspecified atom stereocenters. The minimum atomic E-state index is -0.113. The summed E-state index contributed by atoms with van der Waals surface area (Å²) in [6, 6.07) is 11.7. The van der Waals surface area contributed by atoms with Crippen molar-refractivity contribution in [1.82, 2.24) is 25.2 Å². The number of benzene rings is 1. The number of piperidine rings is 1. The molecular formula is C23H28N6O. The van der Waals surface area contributed by atoms with Gasteiger partial charge in [-0.15, -0.1) is 0 Å². The zero-order valence-electron chi connectivity index (χ0n) is 17.8. The summed E-state index contributed by atoms with van der Waals surface area (Å²) in [5.74, 6) is 1.91. The summed E-state index contributed by atoms with van der Waals surface area (Å²) in [4.78, 5) is 30.8. The van der Waals surface area contributed by atoms with Crippen molar-refractivity contribution in [3.8, 4) is 0 Å². The molecule has 0 aliphatic carbocycles. The number of hydrogen-bond donors (Lipinski definition) is 1. The zero-order valence-corrected chi connectivity index (χ0v) is 17.8. The smallest absolute Gasteiger partial charge is 0.273 e. The Hall–Kier alpha value is -3.06. The van der Waals surface area contributed by atoms with Crippen molar-refractivity contribution >= 4 is 22.5 Å². The summed E-state index contributed by atoms with van der Waals surface area (Å²) in [5.41, 5.74) is 1.31. The number of carbonyl (C=O) groups excluding carboxylic acids is 1. The van der Waals surface area contributed by atoms with Crippen molar-refractivity contribution in [3.05, 3.63) is 59.8 Å². The normalized spacial score (nSPS) is 16.4. The number of hydrogen-bond acceptors (Lipinski definition) is 6. The van der Waals surface area contributed by atoms with Crippen molar-refractivity contribution in [2.45, 2.75) is 25.3 Å². The number of anilines is 1. The number of rotatable bonds is 5. The molecule has 30 heavy (non-hydrogen) atoms. The topological polar surface area (TPSA) is 74.2 Å². The number of nitrogens with one attached hydrogen (secondary N) is 1. The van der Waals surface area contributed by atoms with E-state index in [-0.39, 0.29) is 5.91 Å². The quantitative estimate of drug-likeness (QED) is 0.705. The molecule has 7 heteroatoms. The molecule has 1 amide bonds. The molecule has 1 aliphatic heterocycles. The summed E-state index contributed by atoms with van der Waals surface area (Å²) in [6.07, 6.45) is 3.89. The van der Waals surface area contributed by atoms with Crippen molar-refractivity contribution in [1.29, 1.82) is 0 Å². The highest BCUT2D eigenvalue weighted by atomic mass is 16.2. The molecule has 1 aliphatic rings. The van der Waals surface area contributed by atoms with E-state index < -0.39 is 0 Å². The molecule has 1 atom stereocenters. The van der Waals surface area contributed by atoms with Gasteiger partial charge in [-0.25, -0.2) is 9.97 Å². The Balaban J connectivity index is 1.60. The molecule has 0 saturated carbocycles. The van der Waals surface area contributed by atoms with Crippen molar-refractivity contribution in [2.75, 3.05) is 39.1 Å². The van der Waals surface area contributed by atoms with Crippen LogP contribution >= 0.6 is 0 Å². The standard InChI is InChI=1S/C23H28N6O/c1-28(2)20-13-18(26-22(27-20)17-8-6-11-24-14-17)15-29(3)23(30)21-19-9-5-4-7-16(19)10-12-25-21/h4-5,7,9-10,12-13,17,24H,6,8,11,14-15H2,1-3H3/t17-/m0/s1. The van der Waals surface area contributed by atoms with Crippen LogP contribution in [0.4, 0.5) is 5.82 Å². The van der Waals surface area contributed by atoms with E-state index in [4.69, 9.17) is 9.97 Å². The second-order valence-corrected chi connectivity index (χ2v) is 8.06. The van der Waals surface area contributed by atoms with Gasteiger partial charge in [0.2, 0.25) is 0 Å². The SMILES string of the molecule is CN(Cc1cc(N(C)C)nc([C@H]2CCCNC2)n1)C(=O)c1nccc2ccccc12. The van der Waals surface area contributed by atoms with Crippen LogP contribution in [0.15, 0.2) is 42.6 Å². The first-order valence-corrected chi connectivity index (χ1v) is 10.4. The number of nitrogens with zero attached hydrogens (tertiary/aromatic N) is 5. The molecule has 1 fully saturated rings. The number of carbonyl (C=O) groups is 1. The Labute approximate surface area is 177 Å². The van der Waals surface area contributed by atoms with Crippen molar-refractivity contribution < 1.29 is 4.79 Å². The third-order valence-electron chi connectivity index (χ3n) is 5.53. The van der Waals surface area contributed by atoms with Gasteiger partial charge in [0, 0.05) is 51.3 Å². The van der Waals surface area contributed by atoms with E-state index in [0.29, 0.717) is 18.2 Å². The minimum absolute atomic E-state index is 0.113. The van der Waals surface area contributed by atoms with E-state index in [1.54, 1.807) is 18.1 Å². The Morgan fingerprint density at radius 1 is 1.17 bits per heavy atom. The van der Waals surface area contributed by atoms with Crippen LogP contribution in [0.3, 0.4) is 0 Å². The van der Waals surface area contributed by atoms with E-state index in [1.165, 1.54) is 0 Å². The first-order chi connectivity index (χ1) is 14.5. The predicted octanol–water partition coefficient (Wildman–Crippen LogP) is 2.83. The molecule has 7 nitrogen and oxygen atoms in total. The van der Waals surface area contributed by atoms with E-state index in [1.807, 2.05) is 55.4 Å². The Morgan fingerprint density at radius 3 is 2.77 bits per heavy atom. The number of fused-ring (bicyclic) bond motifs is 1. The molecule has 1 aromatic carbocycles. The third-order valence-corrected chi connectivity index (χ3v) is 5.53. The Morgan fingerprint density at radius 2 is 2.00 bits per heavy atom. The van der Waals surface area contributed by atoms with Crippen LogP contribution in [0.2, 0.25) is 0 Å². The van der Waals surface area contributed by atoms with Gasteiger partial charge in [0.1, 0.15) is 17.3 Å². The Kier molecular flexibility index (Phi) is 5.90. The minimum Gasteiger partial charge on any atom is -0.363 e. The van der Waals surface area contributed by atoms with Crippen LogP contribution in [0.5, 0.6) is 0 Å². The van der Waals surface area contributed by atoms with Gasteiger partial charge >= 0.3 is 0 Å². The summed E-state index contributed by atoms with van der Waals surface area (Å²) in [7, 11) is 5.75. The number of aromatic nitrogens is 3. The van der Waals surface area contributed by atoms with Crippen LogP contribution in [-0.2, 0) is 6.54 Å². The van der Waals surface area contributed by atoms with E-state index >= 15 is 0 Å². The summed E-state index contributed by atoms with van der Waals surface area (Å²) in [5, 5.41) is 5.30. The highest BCUT2D eigenvalue weighted by Crippen LogP contribution is 2.23. The molecular weight excluding hydrogens is 376 g/mol. The fourth-order valence-electron chi connectivity index (χ4n) is 3.85. The van der Waals surface area contributed by atoms with E-state index in [2.05, 4.69) is 10.3 Å². The molecule has 0 bridgehead atoms. The van der Waals surface area contributed by atoms with Crippen LogP contribution < -0.4 is 10.2 Å². The lowest BCUT2D eigenvalue weighted by Gasteiger charge is -2.24. The van der Waals surface area contributed by atoms with Crippen LogP contribution in [-0.4, -0.2) is 60.0 Å². The van der Waals surface area contributed by atoms with Gasteiger partial charge in [0.25, 0.3) is 5.91 Å². The average molecular weight is 405 g/mol. The average Bonchev–Trinajstić information content (AvgIpc) is 2.78. The van der Waals surface area contributed by atoms with Gasteiger partial charge in [0.15, 0.2) is 0 Å². The van der Waals surface area contributed by atoms with Gasteiger partial charge < -0.3 is 15.1 Å². The molecule has 4 rings (SSSR count). The Bertz CT molecular complexity index is 1040. The molecule has 3 aromatic rings. The fourth-order valence-corrected chi connectivity index (χ4v) is 3.85. The second kappa shape index (κ2) is 8.75. The lowest BCUT2D eigenvalue weighted by atomic mass is 9.99. The maximum Gasteiger partial charge on any atom is 0.273 e. The molecule has 0 radical (unpaired) electrons. The van der Waals surface area contributed by atoms with Crippen LogP contribution in [0, 0.1) is 0 Å². The highest BCUT2D eigenvalue weighted by Gasteiger charge is 2.22. The summed E-state index contributed by atoms with van der Waals surface area (Å²) >= 11 is 0. The van der Waals surface area contributed by atoms with Crippen molar-refractivity contribution in [2.24, 2.45) is 0 Å². The predicted molar refractivity (Wildman–Crippen MR) is 119 cm³/mol. The van der Waals surface area contributed by atoms with Crippen molar-refractivity contribution in [3.63, 3.8) is 0 Å². The number of pyridine rings is 1. The fraction of sp³-hybridized carbons (Fsp3) is 0.391. The van der Waals surface area contributed by atoms with Gasteiger partial charge in [-0.05, 0) is 30.8 Å². The van der Waals surface area contributed by atoms with Gasteiger partial charge in [-0.2, -0.15) is 0 Å². The maximum absolute atomic E-state index is 13.2. The lowest BCUT2D eigenvalue weighted by molar-refractivity contribution is 0.0779. The third kappa shape index (κ3) is 4.26. The second-order valence-electron chi connectivity index (χ2n) is 8.06. The summed E-state index contributed by atoms with van der Waals surface area (Å²) < 4.78 is 0. The largest absolute Gasteiger partial charge is 0.363 e. The highest BCUT2D eigenvalue weighted by molar-refractivity contribution is 6.04. The van der Waals surface area contributed by atoms with E-state index in [0.717, 1.165) is 54.0 Å². The van der Waals surface area contributed by atoms with Gasteiger partial charge in [-0.3, -0.25) is 9.78 Å². The van der Waals surface area contributed by atoms with E-state index in [9.17, 15) is 4.79 Å². The zero-order chi connectivity index (χ0) is 21.1. The van der Waals surface area contributed by atoms with Crippen LogP contribution in [0.25, 0.3) is 10.8 Å². The number of amides is 1. The van der Waals surface area contributed by atoms with Crippen LogP contribution in [0.1, 0.15) is 40.8 Å². The maximum atomic E-state index is 13.2. The first kappa shape index (κ1) is 20.2. The monoisotopic (exact) mass is 404 g/mol. The lowest BCUT2D eigenvalue weighted by Crippen LogP contribution is -2.31. The van der Waals surface area contributed by atoms with Gasteiger partial charge in [-0.1, -0.05) is 24.3 Å². The molecule has 1 N–H and O–H groups in total. The van der Waals surface area contributed by atoms with Gasteiger partial charge in [0.05, 0.1) is 12.2 Å². The molecule has 156 valence electrons. The molecule has 0 spiro atoms. The first-order valence-electron chi connectivity index (χ1n) is 10.4.